The van der Waals surface area contributed by atoms with Gasteiger partial charge in [0.05, 0.1) is 0 Å². The molecule has 0 unspecified atom stereocenters. The third-order valence-corrected chi connectivity index (χ3v) is 6.59. The summed E-state index contributed by atoms with van der Waals surface area (Å²) in [6, 6.07) is 6.12. The Morgan fingerprint density at radius 1 is 1.11 bits per heavy atom. The van der Waals surface area contributed by atoms with Crippen LogP contribution in [0.2, 0.25) is 0 Å². The van der Waals surface area contributed by atoms with Gasteiger partial charge >= 0.3 is 0 Å². The Bertz CT molecular complexity index is 514. The van der Waals surface area contributed by atoms with Crippen molar-refractivity contribution in [2.75, 3.05) is 0 Å². The summed E-state index contributed by atoms with van der Waals surface area (Å²) in [6.45, 7) is 2.51. The molecule has 102 valence electrons. The van der Waals surface area contributed by atoms with E-state index >= 15 is 0 Å². The zero-order valence-corrected chi connectivity index (χ0v) is 11.9. The number of phenolic OH excluding ortho intramolecular Hbond substituents is 1. The fourth-order valence-electron chi connectivity index (χ4n) is 4.99. The highest BCUT2D eigenvalue weighted by Gasteiger charge is 2.50. The van der Waals surface area contributed by atoms with Crippen LogP contribution in [0.25, 0.3) is 0 Å². The maximum absolute atomic E-state index is 9.71. The van der Waals surface area contributed by atoms with Gasteiger partial charge in [-0.2, -0.15) is 0 Å². The summed E-state index contributed by atoms with van der Waals surface area (Å²) in [4.78, 5) is 0. The van der Waals surface area contributed by atoms with E-state index in [0.29, 0.717) is 16.6 Å². The SMILES string of the molecule is C[C@@]12CCc3cc(O)ccc3[C@H]1CC1(CCC1)CC2. The predicted octanol–water partition coefficient (Wildman–Crippen LogP) is 4.78. The first-order valence-electron chi connectivity index (χ1n) is 7.92. The molecule has 2 saturated carbocycles. The van der Waals surface area contributed by atoms with Crippen LogP contribution in [-0.4, -0.2) is 5.11 Å². The van der Waals surface area contributed by atoms with Crippen LogP contribution in [0, 0.1) is 10.8 Å². The summed E-state index contributed by atoms with van der Waals surface area (Å²) >= 11 is 0. The predicted molar refractivity (Wildman–Crippen MR) is 77.4 cm³/mol. The minimum Gasteiger partial charge on any atom is -0.508 e. The first-order valence-corrected chi connectivity index (χ1v) is 7.92. The van der Waals surface area contributed by atoms with E-state index in [9.17, 15) is 5.11 Å². The summed E-state index contributed by atoms with van der Waals surface area (Å²) in [6.07, 6.45) is 11.1. The maximum atomic E-state index is 9.71. The van der Waals surface area contributed by atoms with Gasteiger partial charge in [-0.25, -0.2) is 0 Å². The van der Waals surface area contributed by atoms with Gasteiger partial charge in [0.25, 0.3) is 0 Å². The Hall–Kier alpha value is -0.980. The highest BCUT2D eigenvalue weighted by atomic mass is 16.3. The lowest BCUT2D eigenvalue weighted by atomic mass is 9.48. The van der Waals surface area contributed by atoms with Crippen molar-refractivity contribution in [2.45, 2.75) is 64.2 Å². The average molecular weight is 256 g/mol. The van der Waals surface area contributed by atoms with Crippen molar-refractivity contribution in [3.63, 3.8) is 0 Å². The lowest BCUT2D eigenvalue weighted by molar-refractivity contribution is -0.00533. The van der Waals surface area contributed by atoms with Crippen molar-refractivity contribution in [3.8, 4) is 5.75 Å². The molecule has 3 aliphatic carbocycles. The molecule has 2 fully saturated rings. The summed E-state index contributed by atoms with van der Waals surface area (Å²) in [5.74, 6) is 1.18. The zero-order chi connectivity index (χ0) is 13.1. The Labute approximate surface area is 116 Å². The summed E-state index contributed by atoms with van der Waals surface area (Å²) in [5, 5.41) is 9.71. The normalized spacial score (nSPS) is 35.3. The Balaban J connectivity index is 1.75. The molecule has 1 nitrogen and oxygen atoms in total. The molecule has 1 heteroatoms. The van der Waals surface area contributed by atoms with Crippen molar-refractivity contribution in [3.05, 3.63) is 29.3 Å². The first-order chi connectivity index (χ1) is 9.10. The second-order valence-electron chi connectivity index (χ2n) is 7.65. The molecule has 0 amide bonds. The van der Waals surface area contributed by atoms with Crippen LogP contribution in [0.1, 0.15) is 68.9 Å². The van der Waals surface area contributed by atoms with Crippen LogP contribution in [0.5, 0.6) is 5.75 Å². The van der Waals surface area contributed by atoms with Crippen LogP contribution in [0.15, 0.2) is 18.2 Å². The van der Waals surface area contributed by atoms with Crippen LogP contribution in [0.3, 0.4) is 0 Å². The average Bonchev–Trinajstić information content (AvgIpc) is 2.36. The van der Waals surface area contributed by atoms with Gasteiger partial charge in [0, 0.05) is 0 Å². The molecular weight excluding hydrogens is 232 g/mol. The van der Waals surface area contributed by atoms with Gasteiger partial charge in [-0.3, -0.25) is 0 Å². The lowest BCUT2D eigenvalue weighted by Gasteiger charge is -2.56. The molecule has 1 aromatic carbocycles. The minimum absolute atomic E-state index is 0.441. The van der Waals surface area contributed by atoms with E-state index in [-0.39, 0.29) is 0 Å². The summed E-state index contributed by atoms with van der Waals surface area (Å²) < 4.78 is 0. The standard InChI is InChI=1S/C18H24O/c1-17-8-5-13-11-14(19)3-4-15(13)16(17)12-18(10-9-17)6-2-7-18/h3-4,11,16,19H,2,5-10,12H2,1H3/t16-,17+/m1/s1. The smallest absolute Gasteiger partial charge is 0.115 e. The van der Waals surface area contributed by atoms with Gasteiger partial charge in [0.15, 0.2) is 0 Å². The van der Waals surface area contributed by atoms with Gasteiger partial charge in [-0.05, 0) is 85.0 Å². The van der Waals surface area contributed by atoms with Crippen molar-refractivity contribution < 1.29 is 5.11 Å². The molecule has 0 heterocycles. The molecule has 19 heavy (non-hydrogen) atoms. The van der Waals surface area contributed by atoms with E-state index < -0.39 is 0 Å². The van der Waals surface area contributed by atoms with E-state index in [1.807, 2.05) is 12.1 Å². The number of hydrogen-bond donors (Lipinski definition) is 1. The fourth-order valence-corrected chi connectivity index (χ4v) is 4.99. The number of benzene rings is 1. The fraction of sp³-hybridized carbons (Fsp3) is 0.667. The van der Waals surface area contributed by atoms with E-state index in [4.69, 9.17) is 0 Å². The molecule has 1 spiro atoms. The molecular formula is C18H24O. The van der Waals surface area contributed by atoms with Crippen molar-refractivity contribution in [2.24, 2.45) is 10.8 Å². The zero-order valence-electron chi connectivity index (χ0n) is 11.9. The Morgan fingerprint density at radius 3 is 2.68 bits per heavy atom. The Morgan fingerprint density at radius 2 is 1.95 bits per heavy atom. The van der Waals surface area contributed by atoms with E-state index in [2.05, 4.69) is 13.0 Å². The molecule has 0 bridgehead atoms. The van der Waals surface area contributed by atoms with Crippen LogP contribution < -0.4 is 0 Å². The number of aromatic hydroxyl groups is 1. The lowest BCUT2D eigenvalue weighted by Crippen LogP contribution is -2.44. The molecule has 0 radical (unpaired) electrons. The Kier molecular flexibility index (Phi) is 2.35. The molecule has 2 atom stereocenters. The van der Waals surface area contributed by atoms with Crippen molar-refractivity contribution in [1.29, 1.82) is 0 Å². The monoisotopic (exact) mass is 256 g/mol. The van der Waals surface area contributed by atoms with Crippen LogP contribution >= 0.6 is 0 Å². The van der Waals surface area contributed by atoms with Gasteiger partial charge in [-0.15, -0.1) is 0 Å². The molecule has 0 aromatic heterocycles. The maximum Gasteiger partial charge on any atom is 0.115 e. The number of rotatable bonds is 0. The third-order valence-electron chi connectivity index (χ3n) is 6.59. The van der Waals surface area contributed by atoms with Gasteiger partial charge in [-0.1, -0.05) is 19.4 Å². The summed E-state index contributed by atoms with van der Waals surface area (Å²) in [7, 11) is 0. The van der Waals surface area contributed by atoms with Crippen molar-refractivity contribution >= 4 is 0 Å². The largest absolute Gasteiger partial charge is 0.508 e. The number of fused-ring (bicyclic) bond motifs is 3. The van der Waals surface area contributed by atoms with E-state index in [1.165, 1.54) is 50.5 Å². The van der Waals surface area contributed by atoms with Crippen LogP contribution in [-0.2, 0) is 6.42 Å². The van der Waals surface area contributed by atoms with E-state index in [1.54, 1.807) is 5.56 Å². The van der Waals surface area contributed by atoms with E-state index in [0.717, 1.165) is 12.3 Å². The molecule has 0 aliphatic heterocycles. The highest BCUT2D eigenvalue weighted by Crippen LogP contribution is 2.63. The summed E-state index contributed by atoms with van der Waals surface area (Å²) in [5.41, 5.74) is 4.18. The van der Waals surface area contributed by atoms with Gasteiger partial charge < -0.3 is 5.11 Å². The number of hydrogen-bond acceptors (Lipinski definition) is 1. The van der Waals surface area contributed by atoms with Crippen molar-refractivity contribution in [1.82, 2.24) is 0 Å². The number of aryl methyl sites for hydroxylation is 1. The third kappa shape index (κ3) is 1.67. The second-order valence-corrected chi connectivity index (χ2v) is 7.65. The highest BCUT2D eigenvalue weighted by molar-refractivity contribution is 5.41. The first kappa shape index (κ1) is 11.8. The molecule has 1 N–H and O–H groups in total. The van der Waals surface area contributed by atoms with Gasteiger partial charge in [0.1, 0.15) is 5.75 Å². The molecule has 3 aliphatic rings. The molecule has 1 aromatic rings. The molecule has 4 rings (SSSR count). The topological polar surface area (TPSA) is 20.2 Å². The second kappa shape index (κ2) is 3.77. The number of phenols is 1. The van der Waals surface area contributed by atoms with Gasteiger partial charge in [0.2, 0.25) is 0 Å². The molecule has 0 saturated heterocycles. The minimum atomic E-state index is 0.441. The quantitative estimate of drug-likeness (QED) is 0.708. The van der Waals surface area contributed by atoms with Crippen LogP contribution in [0.4, 0.5) is 0 Å².